The zero-order valence-corrected chi connectivity index (χ0v) is 22.2. The maximum Gasteiger partial charge on any atom is 0.167 e. The standard InChI is InChI=1S/C25H33N5O5S/c1-16-13-26-24(27-14-16)17(2)18(3)36(31,32)15-22-28-29-25(21-9-6-7-12-35-21)30(22)23-19(33-4)10-8-11-20(23)34-5/h8,10-11,13-14,17-18,21H,6-7,9,12,15H2,1-5H3/t17-,18-,21+/m0/s1. The molecule has 10 nitrogen and oxygen atoms in total. The minimum atomic E-state index is -3.68. The molecule has 194 valence electrons. The minimum absolute atomic E-state index is 0.269. The van der Waals surface area contributed by atoms with Crippen LogP contribution in [0.1, 0.15) is 68.2 Å². The molecule has 0 aliphatic carbocycles. The molecular formula is C25H33N5O5S. The average Bonchev–Trinajstić information content (AvgIpc) is 3.30. The van der Waals surface area contributed by atoms with Crippen molar-refractivity contribution in [3.8, 4) is 17.2 Å². The number of hydrogen-bond acceptors (Lipinski definition) is 9. The molecule has 1 aromatic carbocycles. The Labute approximate surface area is 212 Å². The largest absolute Gasteiger partial charge is 0.494 e. The Bertz CT molecular complexity index is 1260. The van der Waals surface area contributed by atoms with E-state index in [1.54, 1.807) is 50.2 Å². The van der Waals surface area contributed by atoms with E-state index in [2.05, 4.69) is 20.2 Å². The number of ether oxygens (including phenoxy) is 3. The van der Waals surface area contributed by atoms with Crippen LogP contribution in [-0.2, 0) is 20.3 Å². The van der Waals surface area contributed by atoms with Gasteiger partial charge in [-0.25, -0.2) is 18.4 Å². The Kier molecular flexibility index (Phi) is 7.89. The van der Waals surface area contributed by atoms with E-state index in [0.29, 0.717) is 35.4 Å². The number of aromatic nitrogens is 5. The summed E-state index contributed by atoms with van der Waals surface area (Å²) in [5, 5.41) is 8.00. The van der Waals surface area contributed by atoms with Gasteiger partial charge in [0.25, 0.3) is 0 Å². The molecule has 1 fully saturated rings. The van der Waals surface area contributed by atoms with Crippen LogP contribution in [0.4, 0.5) is 0 Å². The summed E-state index contributed by atoms with van der Waals surface area (Å²) in [5.41, 5.74) is 1.46. The molecule has 3 heterocycles. The Hall–Kier alpha value is -3.05. The highest BCUT2D eigenvalue weighted by Crippen LogP contribution is 2.38. The van der Waals surface area contributed by atoms with E-state index in [0.717, 1.165) is 24.8 Å². The first-order chi connectivity index (χ1) is 17.3. The topological polar surface area (TPSA) is 118 Å². The monoisotopic (exact) mass is 515 g/mol. The van der Waals surface area contributed by atoms with Gasteiger partial charge in [0.05, 0.1) is 19.5 Å². The molecule has 0 spiro atoms. The van der Waals surface area contributed by atoms with Gasteiger partial charge < -0.3 is 14.2 Å². The zero-order valence-electron chi connectivity index (χ0n) is 21.3. The van der Waals surface area contributed by atoms with Crippen molar-refractivity contribution in [2.24, 2.45) is 0 Å². The molecule has 3 atom stereocenters. The first-order valence-electron chi connectivity index (χ1n) is 12.0. The van der Waals surface area contributed by atoms with Crippen LogP contribution in [0.15, 0.2) is 30.6 Å². The molecule has 0 unspecified atom stereocenters. The summed E-state index contributed by atoms with van der Waals surface area (Å²) in [6, 6.07) is 5.40. The molecule has 0 radical (unpaired) electrons. The number of methoxy groups -OCH3 is 2. The zero-order chi connectivity index (χ0) is 25.9. The number of para-hydroxylation sites is 1. The first-order valence-corrected chi connectivity index (χ1v) is 13.8. The second-order valence-corrected chi connectivity index (χ2v) is 11.5. The molecule has 4 rings (SSSR count). The lowest BCUT2D eigenvalue weighted by Gasteiger charge is -2.24. The van der Waals surface area contributed by atoms with Gasteiger partial charge in [-0.1, -0.05) is 13.0 Å². The lowest BCUT2D eigenvalue weighted by Crippen LogP contribution is -2.28. The maximum absolute atomic E-state index is 13.6. The van der Waals surface area contributed by atoms with E-state index in [1.807, 2.05) is 19.9 Å². The smallest absolute Gasteiger partial charge is 0.167 e. The van der Waals surface area contributed by atoms with Crippen LogP contribution >= 0.6 is 0 Å². The SMILES string of the molecule is COc1cccc(OC)c1-n1c(CS(=O)(=O)[C@@H](C)[C@H](C)c2ncc(C)cn2)nnc1[C@H]1CCCCO1. The van der Waals surface area contributed by atoms with Gasteiger partial charge >= 0.3 is 0 Å². The summed E-state index contributed by atoms with van der Waals surface area (Å²) < 4.78 is 46.2. The van der Waals surface area contributed by atoms with Gasteiger partial charge in [-0.05, 0) is 50.8 Å². The summed E-state index contributed by atoms with van der Waals surface area (Å²) in [4.78, 5) is 8.67. The summed E-state index contributed by atoms with van der Waals surface area (Å²) in [6.45, 7) is 6.00. The Morgan fingerprint density at radius 3 is 2.33 bits per heavy atom. The average molecular weight is 516 g/mol. The highest BCUT2D eigenvalue weighted by molar-refractivity contribution is 7.91. The number of nitrogens with zero attached hydrogens (tertiary/aromatic N) is 5. The van der Waals surface area contributed by atoms with Crippen molar-refractivity contribution in [3.63, 3.8) is 0 Å². The quantitative estimate of drug-likeness (QED) is 0.420. The van der Waals surface area contributed by atoms with Gasteiger partial charge in [0, 0.05) is 24.9 Å². The summed E-state index contributed by atoms with van der Waals surface area (Å²) >= 11 is 0. The third-order valence-corrected chi connectivity index (χ3v) is 8.86. The predicted molar refractivity (Wildman–Crippen MR) is 134 cm³/mol. The van der Waals surface area contributed by atoms with E-state index in [1.165, 1.54) is 0 Å². The molecule has 3 aromatic rings. The highest BCUT2D eigenvalue weighted by atomic mass is 32.2. The van der Waals surface area contributed by atoms with Crippen molar-refractivity contribution in [1.82, 2.24) is 24.7 Å². The number of aryl methyl sites for hydroxylation is 1. The van der Waals surface area contributed by atoms with Gasteiger partial charge in [-0.2, -0.15) is 0 Å². The van der Waals surface area contributed by atoms with Gasteiger partial charge in [0.1, 0.15) is 34.9 Å². The lowest BCUT2D eigenvalue weighted by molar-refractivity contribution is 0.00828. The van der Waals surface area contributed by atoms with E-state index in [-0.39, 0.29) is 17.7 Å². The van der Waals surface area contributed by atoms with Crippen LogP contribution in [-0.4, -0.2) is 59.2 Å². The van der Waals surface area contributed by atoms with Gasteiger partial charge in [0.2, 0.25) is 0 Å². The number of rotatable bonds is 9. The predicted octanol–water partition coefficient (Wildman–Crippen LogP) is 3.73. The van der Waals surface area contributed by atoms with Gasteiger partial charge in [0.15, 0.2) is 21.5 Å². The molecule has 11 heteroatoms. The number of benzene rings is 1. The van der Waals surface area contributed by atoms with Crippen molar-refractivity contribution in [2.45, 2.75) is 63.1 Å². The number of sulfone groups is 1. The second kappa shape index (κ2) is 10.9. The molecule has 1 saturated heterocycles. The molecule has 0 amide bonds. The summed E-state index contributed by atoms with van der Waals surface area (Å²) in [6.07, 6.45) is 5.80. The van der Waals surface area contributed by atoms with Crippen LogP contribution in [0.5, 0.6) is 11.5 Å². The van der Waals surface area contributed by atoms with E-state index in [9.17, 15) is 8.42 Å². The van der Waals surface area contributed by atoms with Gasteiger partial charge in [-0.15, -0.1) is 10.2 Å². The molecule has 1 aliphatic heterocycles. The molecule has 36 heavy (non-hydrogen) atoms. The normalized spacial score (nSPS) is 18.0. The molecule has 0 N–H and O–H groups in total. The maximum atomic E-state index is 13.6. The van der Waals surface area contributed by atoms with Crippen LogP contribution in [0.25, 0.3) is 5.69 Å². The fourth-order valence-electron chi connectivity index (χ4n) is 4.34. The fraction of sp³-hybridized carbons (Fsp3) is 0.520. The third kappa shape index (κ3) is 5.22. The van der Waals surface area contributed by atoms with E-state index in [4.69, 9.17) is 14.2 Å². The summed E-state index contributed by atoms with van der Waals surface area (Å²) in [5.74, 6) is 1.58. The highest BCUT2D eigenvalue weighted by Gasteiger charge is 2.34. The van der Waals surface area contributed by atoms with Gasteiger partial charge in [-0.3, -0.25) is 4.57 Å². The van der Waals surface area contributed by atoms with Crippen molar-refractivity contribution < 1.29 is 22.6 Å². The van der Waals surface area contributed by atoms with Crippen molar-refractivity contribution in [3.05, 3.63) is 53.6 Å². The number of hydrogen-bond donors (Lipinski definition) is 0. The lowest BCUT2D eigenvalue weighted by atomic mass is 10.1. The Morgan fingerprint density at radius 2 is 1.75 bits per heavy atom. The Balaban J connectivity index is 1.77. The molecular weight excluding hydrogens is 482 g/mol. The first kappa shape index (κ1) is 26.0. The molecule has 1 aliphatic rings. The van der Waals surface area contributed by atoms with Crippen LogP contribution in [0.2, 0.25) is 0 Å². The van der Waals surface area contributed by atoms with E-state index < -0.39 is 21.0 Å². The fourth-order valence-corrected chi connectivity index (χ4v) is 5.90. The molecule has 0 saturated carbocycles. The van der Waals surface area contributed by atoms with Crippen LogP contribution in [0, 0.1) is 6.92 Å². The van der Waals surface area contributed by atoms with E-state index >= 15 is 0 Å². The van der Waals surface area contributed by atoms with Crippen LogP contribution < -0.4 is 9.47 Å². The molecule has 0 bridgehead atoms. The van der Waals surface area contributed by atoms with Crippen LogP contribution in [0.3, 0.4) is 0 Å². The second-order valence-electron chi connectivity index (χ2n) is 9.10. The Morgan fingerprint density at radius 1 is 1.08 bits per heavy atom. The van der Waals surface area contributed by atoms with Crippen molar-refractivity contribution >= 4 is 9.84 Å². The molecule has 2 aromatic heterocycles. The minimum Gasteiger partial charge on any atom is -0.494 e. The van der Waals surface area contributed by atoms with Crippen molar-refractivity contribution in [2.75, 3.05) is 20.8 Å². The summed E-state index contributed by atoms with van der Waals surface area (Å²) in [7, 11) is -0.570. The van der Waals surface area contributed by atoms with Crippen molar-refractivity contribution in [1.29, 1.82) is 0 Å². The third-order valence-electron chi connectivity index (χ3n) is 6.66.